The smallest absolute Gasteiger partial charge is 0.0622 e. The van der Waals surface area contributed by atoms with Crippen molar-refractivity contribution in [2.45, 2.75) is 65.5 Å². The predicted octanol–water partition coefficient (Wildman–Crippen LogP) is 2.90. The maximum Gasteiger partial charge on any atom is 0.0622 e. The van der Waals surface area contributed by atoms with Gasteiger partial charge in [0, 0.05) is 25.2 Å². The van der Waals surface area contributed by atoms with Crippen LogP contribution in [0.1, 0.15) is 53.4 Å². The molecular weight excluding hydrogens is 248 g/mol. The molecule has 3 heteroatoms. The summed E-state index contributed by atoms with van der Waals surface area (Å²) < 4.78 is 5.64. The molecule has 0 bridgehead atoms. The Morgan fingerprint density at radius 2 is 2.10 bits per heavy atom. The molecule has 118 valence electrons. The zero-order chi connectivity index (χ0) is 14.6. The lowest BCUT2D eigenvalue weighted by Crippen LogP contribution is -2.51. The van der Waals surface area contributed by atoms with Gasteiger partial charge in [-0.3, -0.25) is 4.90 Å². The number of hydrogen-bond acceptors (Lipinski definition) is 3. The van der Waals surface area contributed by atoms with E-state index in [1.165, 1.54) is 32.2 Å². The first kappa shape index (κ1) is 16.3. The molecule has 20 heavy (non-hydrogen) atoms. The number of ether oxygens (including phenoxy) is 1. The van der Waals surface area contributed by atoms with Gasteiger partial charge in [0.25, 0.3) is 0 Å². The first-order valence-electron chi connectivity index (χ1n) is 8.63. The van der Waals surface area contributed by atoms with Gasteiger partial charge in [0.05, 0.1) is 13.2 Å². The fourth-order valence-corrected chi connectivity index (χ4v) is 4.06. The summed E-state index contributed by atoms with van der Waals surface area (Å²) in [6.45, 7) is 14.8. The van der Waals surface area contributed by atoms with E-state index < -0.39 is 0 Å². The summed E-state index contributed by atoms with van der Waals surface area (Å²) in [7, 11) is 0. The van der Waals surface area contributed by atoms with E-state index >= 15 is 0 Å². The van der Waals surface area contributed by atoms with Crippen LogP contribution in [0.5, 0.6) is 0 Å². The van der Waals surface area contributed by atoms with Crippen LogP contribution in [0.25, 0.3) is 0 Å². The highest BCUT2D eigenvalue weighted by Gasteiger charge is 2.42. The summed E-state index contributed by atoms with van der Waals surface area (Å²) in [5.74, 6) is 0.809. The predicted molar refractivity (Wildman–Crippen MR) is 85.1 cm³/mol. The maximum absolute atomic E-state index is 5.64. The van der Waals surface area contributed by atoms with Crippen molar-refractivity contribution < 1.29 is 4.74 Å². The third-order valence-corrected chi connectivity index (χ3v) is 5.38. The van der Waals surface area contributed by atoms with Crippen LogP contribution in [0, 0.1) is 11.3 Å². The fourth-order valence-electron chi connectivity index (χ4n) is 4.06. The fraction of sp³-hybridized carbons (Fsp3) is 1.00. The molecule has 0 spiro atoms. The van der Waals surface area contributed by atoms with Crippen molar-refractivity contribution in [3.8, 4) is 0 Å². The van der Waals surface area contributed by atoms with Crippen molar-refractivity contribution in [2.24, 2.45) is 11.3 Å². The molecule has 1 N–H and O–H groups in total. The summed E-state index contributed by atoms with van der Waals surface area (Å²) >= 11 is 0. The van der Waals surface area contributed by atoms with E-state index in [-0.39, 0.29) is 0 Å². The summed E-state index contributed by atoms with van der Waals surface area (Å²) in [6.07, 6.45) is 5.18. The van der Waals surface area contributed by atoms with Crippen molar-refractivity contribution in [3.63, 3.8) is 0 Å². The van der Waals surface area contributed by atoms with Crippen LogP contribution >= 0.6 is 0 Å². The van der Waals surface area contributed by atoms with E-state index in [1.807, 2.05) is 0 Å². The number of morpholine rings is 1. The first-order valence-corrected chi connectivity index (χ1v) is 8.63. The zero-order valence-corrected chi connectivity index (χ0v) is 14.0. The first-order chi connectivity index (χ1) is 9.58. The normalized spacial score (nSPS) is 34.5. The van der Waals surface area contributed by atoms with Crippen molar-refractivity contribution in [1.29, 1.82) is 0 Å². The van der Waals surface area contributed by atoms with E-state index in [1.54, 1.807) is 0 Å². The topological polar surface area (TPSA) is 24.5 Å². The Bertz CT molecular complexity index is 293. The van der Waals surface area contributed by atoms with Gasteiger partial charge in [0.1, 0.15) is 0 Å². The molecule has 3 nitrogen and oxygen atoms in total. The Morgan fingerprint density at radius 3 is 2.80 bits per heavy atom. The molecule has 0 aromatic heterocycles. The Hall–Kier alpha value is -0.120. The van der Waals surface area contributed by atoms with Gasteiger partial charge < -0.3 is 10.1 Å². The molecule has 2 aliphatic rings. The molecule has 2 fully saturated rings. The molecule has 1 aliphatic carbocycles. The Kier molecular flexibility index (Phi) is 5.88. The standard InChI is InChI=1S/C17H34N2O/c1-5-9-18-16-14(7-8-17(16,3)4)12-19-10-11-20-13-15(19)6-2/h14-16,18H,5-13H2,1-4H3. The molecule has 3 unspecified atom stereocenters. The molecule has 1 saturated carbocycles. The average molecular weight is 282 g/mol. The molecule has 0 radical (unpaired) electrons. The van der Waals surface area contributed by atoms with Crippen molar-refractivity contribution in [2.75, 3.05) is 32.8 Å². The summed E-state index contributed by atoms with van der Waals surface area (Å²) in [5.41, 5.74) is 0.452. The van der Waals surface area contributed by atoms with Crippen molar-refractivity contribution in [1.82, 2.24) is 10.2 Å². The summed E-state index contributed by atoms with van der Waals surface area (Å²) in [6, 6.07) is 1.32. The minimum Gasteiger partial charge on any atom is -0.378 e. The third kappa shape index (κ3) is 3.75. The van der Waals surface area contributed by atoms with Crippen LogP contribution in [-0.2, 0) is 4.74 Å². The van der Waals surface area contributed by atoms with Gasteiger partial charge in [-0.15, -0.1) is 0 Å². The second-order valence-corrected chi connectivity index (χ2v) is 7.35. The quantitative estimate of drug-likeness (QED) is 0.811. The molecular formula is C17H34N2O. The molecule has 0 amide bonds. The SMILES string of the molecule is CCCNC1C(CN2CCOCC2CC)CCC1(C)C. The zero-order valence-electron chi connectivity index (χ0n) is 14.0. The van der Waals surface area contributed by atoms with Gasteiger partial charge in [-0.2, -0.15) is 0 Å². The van der Waals surface area contributed by atoms with Gasteiger partial charge in [0.2, 0.25) is 0 Å². The second kappa shape index (κ2) is 7.24. The van der Waals surface area contributed by atoms with E-state index in [2.05, 4.69) is 37.9 Å². The van der Waals surface area contributed by atoms with Crippen LogP contribution in [-0.4, -0.2) is 49.8 Å². The van der Waals surface area contributed by atoms with Crippen LogP contribution < -0.4 is 5.32 Å². The molecule has 1 heterocycles. The molecule has 0 aromatic carbocycles. The van der Waals surface area contributed by atoms with E-state index in [0.717, 1.165) is 32.2 Å². The van der Waals surface area contributed by atoms with Gasteiger partial charge in [0.15, 0.2) is 0 Å². The number of rotatable bonds is 6. The Labute approximate surface area is 125 Å². The van der Waals surface area contributed by atoms with Gasteiger partial charge in [-0.05, 0) is 43.6 Å². The lowest BCUT2D eigenvalue weighted by molar-refractivity contribution is -0.0176. The average Bonchev–Trinajstić information content (AvgIpc) is 2.72. The minimum atomic E-state index is 0.452. The molecule has 2 rings (SSSR count). The van der Waals surface area contributed by atoms with E-state index in [9.17, 15) is 0 Å². The number of hydrogen-bond donors (Lipinski definition) is 1. The molecule has 1 saturated heterocycles. The van der Waals surface area contributed by atoms with Crippen LogP contribution in [0.3, 0.4) is 0 Å². The Balaban J connectivity index is 1.95. The molecule has 1 aliphatic heterocycles. The van der Waals surface area contributed by atoms with Crippen molar-refractivity contribution in [3.05, 3.63) is 0 Å². The Morgan fingerprint density at radius 1 is 1.30 bits per heavy atom. The third-order valence-electron chi connectivity index (χ3n) is 5.38. The van der Waals surface area contributed by atoms with Crippen LogP contribution in [0.15, 0.2) is 0 Å². The highest BCUT2D eigenvalue weighted by molar-refractivity contribution is 4.97. The molecule has 3 atom stereocenters. The number of nitrogens with one attached hydrogen (secondary N) is 1. The summed E-state index contributed by atoms with van der Waals surface area (Å²) in [4.78, 5) is 2.69. The van der Waals surface area contributed by atoms with Crippen LogP contribution in [0.2, 0.25) is 0 Å². The lowest BCUT2D eigenvalue weighted by atomic mass is 9.84. The van der Waals surface area contributed by atoms with Crippen molar-refractivity contribution >= 4 is 0 Å². The second-order valence-electron chi connectivity index (χ2n) is 7.35. The van der Waals surface area contributed by atoms with Gasteiger partial charge in [-0.1, -0.05) is 27.7 Å². The maximum atomic E-state index is 5.64. The summed E-state index contributed by atoms with van der Waals surface area (Å²) in [5, 5.41) is 3.84. The monoisotopic (exact) mass is 282 g/mol. The van der Waals surface area contributed by atoms with E-state index in [4.69, 9.17) is 4.74 Å². The largest absolute Gasteiger partial charge is 0.378 e. The van der Waals surface area contributed by atoms with Gasteiger partial charge in [-0.25, -0.2) is 0 Å². The highest BCUT2D eigenvalue weighted by Crippen LogP contribution is 2.42. The highest BCUT2D eigenvalue weighted by atomic mass is 16.5. The van der Waals surface area contributed by atoms with E-state index in [0.29, 0.717) is 17.5 Å². The minimum absolute atomic E-state index is 0.452. The molecule has 0 aromatic rings. The van der Waals surface area contributed by atoms with Gasteiger partial charge >= 0.3 is 0 Å². The van der Waals surface area contributed by atoms with Crippen LogP contribution in [0.4, 0.5) is 0 Å². The lowest BCUT2D eigenvalue weighted by Gasteiger charge is -2.39. The number of nitrogens with zero attached hydrogens (tertiary/aromatic N) is 1.